The summed E-state index contributed by atoms with van der Waals surface area (Å²) in [5, 5.41) is 3.47. The molecule has 3 nitrogen and oxygen atoms in total. The standard InChI is InChI=1S/C10H20N2O/c1-3-12-6-4-9(8-12)10(2)11-5-7-13-10/h9,11H,3-8H2,1-2H3. The van der Waals surface area contributed by atoms with Gasteiger partial charge in [-0.1, -0.05) is 6.92 Å². The van der Waals surface area contributed by atoms with E-state index in [4.69, 9.17) is 4.74 Å². The molecule has 0 aromatic heterocycles. The first-order valence-electron chi connectivity index (χ1n) is 5.36. The lowest BCUT2D eigenvalue weighted by molar-refractivity contribution is -0.0394. The fraction of sp³-hybridized carbons (Fsp3) is 1.00. The smallest absolute Gasteiger partial charge is 0.120 e. The molecule has 1 N–H and O–H groups in total. The maximum absolute atomic E-state index is 5.78. The SMILES string of the molecule is CCN1CCC(C2(C)NCCO2)C1. The van der Waals surface area contributed by atoms with E-state index in [1.165, 1.54) is 26.1 Å². The Morgan fingerprint density at radius 1 is 1.62 bits per heavy atom. The number of nitrogens with zero attached hydrogens (tertiary/aromatic N) is 1. The average molecular weight is 184 g/mol. The molecule has 3 heteroatoms. The maximum atomic E-state index is 5.78. The first-order chi connectivity index (χ1) is 6.24. The van der Waals surface area contributed by atoms with Crippen molar-refractivity contribution in [2.45, 2.75) is 26.0 Å². The summed E-state index contributed by atoms with van der Waals surface area (Å²) < 4.78 is 5.78. The zero-order chi connectivity index (χ0) is 9.31. The second-order valence-electron chi connectivity index (χ2n) is 4.26. The molecule has 2 rings (SSSR count). The Labute approximate surface area is 80.4 Å². The molecule has 2 fully saturated rings. The summed E-state index contributed by atoms with van der Waals surface area (Å²) in [6, 6.07) is 0. The molecular weight excluding hydrogens is 164 g/mol. The Morgan fingerprint density at radius 2 is 2.46 bits per heavy atom. The third-order valence-electron chi connectivity index (χ3n) is 3.48. The van der Waals surface area contributed by atoms with Crippen molar-refractivity contribution in [2.24, 2.45) is 5.92 Å². The van der Waals surface area contributed by atoms with E-state index in [1.807, 2.05) is 0 Å². The largest absolute Gasteiger partial charge is 0.359 e. The summed E-state index contributed by atoms with van der Waals surface area (Å²) in [5.74, 6) is 0.676. The predicted octanol–water partition coefficient (Wildman–Crippen LogP) is 0.664. The molecule has 0 aromatic carbocycles. The van der Waals surface area contributed by atoms with Crippen LogP contribution in [0, 0.1) is 5.92 Å². The van der Waals surface area contributed by atoms with Crippen LogP contribution >= 0.6 is 0 Å². The van der Waals surface area contributed by atoms with Gasteiger partial charge in [0, 0.05) is 19.0 Å². The van der Waals surface area contributed by atoms with Crippen LogP contribution in [-0.2, 0) is 4.74 Å². The van der Waals surface area contributed by atoms with Gasteiger partial charge in [0.2, 0.25) is 0 Å². The van der Waals surface area contributed by atoms with Crippen LogP contribution < -0.4 is 5.32 Å². The highest BCUT2D eigenvalue weighted by Crippen LogP contribution is 2.30. The highest BCUT2D eigenvalue weighted by molar-refractivity contribution is 4.91. The van der Waals surface area contributed by atoms with Crippen LogP contribution in [0.25, 0.3) is 0 Å². The second-order valence-corrected chi connectivity index (χ2v) is 4.26. The molecule has 0 saturated carbocycles. The van der Waals surface area contributed by atoms with Crippen LogP contribution in [0.15, 0.2) is 0 Å². The Morgan fingerprint density at radius 3 is 3.00 bits per heavy atom. The molecule has 0 amide bonds. The predicted molar refractivity (Wildman–Crippen MR) is 52.6 cm³/mol. The monoisotopic (exact) mass is 184 g/mol. The average Bonchev–Trinajstić information content (AvgIpc) is 2.72. The lowest BCUT2D eigenvalue weighted by atomic mass is 9.97. The van der Waals surface area contributed by atoms with Crippen molar-refractivity contribution >= 4 is 0 Å². The van der Waals surface area contributed by atoms with Gasteiger partial charge in [0.25, 0.3) is 0 Å². The number of rotatable bonds is 2. The topological polar surface area (TPSA) is 24.5 Å². The number of hydrogen-bond acceptors (Lipinski definition) is 3. The van der Waals surface area contributed by atoms with Gasteiger partial charge in [0.15, 0.2) is 0 Å². The summed E-state index contributed by atoms with van der Waals surface area (Å²) in [7, 11) is 0. The second kappa shape index (κ2) is 3.56. The molecule has 2 aliphatic rings. The van der Waals surface area contributed by atoms with Crippen LogP contribution in [0.4, 0.5) is 0 Å². The van der Waals surface area contributed by atoms with Gasteiger partial charge in [0.05, 0.1) is 6.61 Å². The van der Waals surface area contributed by atoms with E-state index in [-0.39, 0.29) is 5.72 Å². The zero-order valence-electron chi connectivity index (χ0n) is 8.68. The molecule has 0 spiro atoms. The highest BCUT2D eigenvalue weighted by atomic mass is 16.5. The number of nitrogens with one attached hydrogen (secondary N) is 1. The first kappa shape index (κ1) is 9.44. The van der Waals surface area contributed by atoms with Crippen LogP contribution in [0.5, 0.6) is 0 Å². The Bertz CT molecular complexity index is 178. The Hall–Kier alpha value is -0.120. The van der Waals surface area contributed by atoms with Crippen LogP contribution in [0.1, 0.15) is 20.3 Å². The zero-order valence-corrected chi connectivity index (χ0v) is 8.68. The molecular formula is C10H20N2O. The molecule has 2 unspecified atom stereocenters. The summed E-state index contributed by atoms with van der Waals surface area (Å²) in [4.78, 5) is 2.50. The van der Waals surface area contributed by atoms with Crippen molar-refractivity contribution in [2.75, 3.05) is 32.8 Å². The number of hydrogen-bond donors (Lipinski definition) is 1. The molecule has 0 bridgehead atoms. The molecule has 0 radical (unpaired) electrons. The van der Waals surface area contributed by atoms with Gasteiger partial charge in [0.1, 0.15) is 5.72 Å². The van der Waals surface area contributed by atoms with E-state index in [1.54, 1.807) is 0 Å². The quantitative estimate of drug-likeness (QED) is 0.682. The van der Waals surface area contributed by atoms with Gasteiger partial charge >= 0.3 is 0 Å². The minimum absolute atomic E-state index is 0.0378. The minimum atomic E-state index is -0.0378. The molecule has 13 heavy (non-hydrogen) atoms. The van der Waals surface area contributed by atoms with Gasteiger partial charge in [-0.15, -0.1) is 0 Å². The van der Waals surface area contributed by atoms with E-state index < -0.39 is 0 Å². The van der Waals surface area contributed by atoms with E-state index in [2.05, 4.69) is 24.1 Å². The van der Waals surface area contributed by atoms with Crippen molar-refractivity contribution in [3.63, 3.8) is 0 Å². The molecule has 2 saturated heterocycles. The van der Waals surface area contributed by atoms with E-state index in [0.717, 1.165) is 13.2 Å². The van der Waals surface area contributed by atoms with Crippen molar-refractivity contribution in [1.82, 2.24) is 10.2 Å². The van der Waals surface area contributed by atoms with Gasteiger partial charge in [-0.2, -0.15) is 0 Å². The Kier molecular flexibility index (Phi) is 2.58. The molecule has 76 valence electrons. The highest BCUT2D eigenvalue weighted by Gasteiger charge is 2.41. The lowest BCUT2D eigenvalue weighted by Crippen LogP contribution is -2.46. The van der Waals surface area contributed by atoms with Gasteiger partial charge in [-0.3, -0.25) is 5.32 Å². The van der Waals surface area contributed by atoms with Crippen LogP contribution in [0.3, 0.4) is 0 Å². The minimum Gasteiger partial charge on any atom is -0.359 e. The molecule has 2 aliphatic heterocycles. The van der Waals surface area contributed by atoms with Gasteiger partial charge in [-0.05, 0) is 26.4 Å². The van der Waals surface area contributed by atoms with Gasteiger partial charge < -0.3 is 9.64 Å². The van der Waals surface area contributed by atoms with Crippen molar-refractivity contribution in [1.29, 1.82) is 0 Å². The molecule has 2 heterocycles. The lowest BCUT2D eigenvalue weighted by Gasteiger charge is -2.30. The number of likely N-dealkylation sites (tertiary alicyclic amines) is 1. The third kappa shape index (κ3) is 1.73. The van der Waals surface area contributed by atoms with Gasteiger partial charge in [-0.25, -0.2) is 0 Å². The normalized spacial score (nSPS) is 41.5. The fourth-order valence-corrected chi connectivity index (χ4v) is 2.45. The Balaban J connectivity index is 1.94. The molecule has 0 aromatic rings. The summed E-state index contributed by atoms with van der Waals surface area (Å²) >= 11 is 0. The maximum Gasteiger partial charge on any atom is 0.120 e. The van der Waals surface area contributed by atoms with E-state index in [9.17, 15) is 0 Å². The van der Waals surface area contributed by atoms with E-state index in [0.29, 0.717) is 5.92 Å². The van der Waals surface area contributed by atoms with E-state index >= 15 is 0 Å². The number of ether oxygens (including phenoxy) is 1. The van der Waals surface area contributed by atoms with Crippen LogP contribution in [-0.4, -0.2) is 43.4 Å². The summed E-state index contributed by atoms with van der Waals surface area (Å²) in [6.07, 6.45) is 1.28. The van der Waals surface area contributed by atoms with Crippen molar-refractivity contribution in [3.8, 4) is 0 Å². The fourth-order valence-electron chi connectivity index (χ4n) is 2.45. The molecule has 2 atom stereocenters. The van der Waals surface area contributed by atoms with Crippen molar-refractivity contribution in [3.05, 3.63) is 0 Å². The summed E-state index contributed by atoms with van der Waals surface area (Å²) in [5.41, 5.74) is -0.0378. The molecule has 0 aliphatic carbocycles. The first-order valence-corrected chi connectivity index (χ1v) is 5.36. The summed E-state index contributed by atoms with van der Waals surface area (Å²) in [6.45, 7) is 9.92. The van der Waals surface area contributed by atoms with Crippen LogP contribution in [0.2, 0.25) is 0 Å². The van der Waals surface area contributed by atoms with Crippen molar-refractivity contribution < 1.29 is 4.74 Å². The third-order valence-corrected chi connectivity index (χ3v) is 3.48.